The summed E-state index contributed by atoms with van der Waals surface area (Å²) >= 11 is 0. The second-order valence-electron chi connectivity index (χ2n) is 1.31. The Balaban J connectivity index is 2.59. The van der Waals surface area contributed by atoms with Gasteiger partial charge in [-0.3, -0.25) is 4.99 Å². The molecule has 0 aromatic rings. The molecule has 2 nitrogen and oxygen atoms in total. The molecule has 1 N–H and O–H groups in total. The van der Waals surface area contributed by atoms with Gasteiger partial charge in [-0.05, 0) is 0 Å². The van der Waals surface area contributed by atoms with Crippen LogP contribution < -0.4 is 0 Å². The van der Waals surface area contributed by atoms with Crippen LogP contribution >= 0.6 is 0 Å². The van der Waals surface area contributed by atoms with E-state index >= 15 is 0 Å². The monoisotopic (exact) mass is 82.1 g/mol. The topological polar surface area (TPSA) is 36.2 Å². The summed E-state index contributed by atoms with van der Waals surface area (Å²) < 4.78 is 0. The second-order valence-corrected chi connectivity index (χ2v) is 1.31. The quantitative estimate of drug-likeness (QED) is 0.441. The molecule has 6 heavy (non-hydrogen) atoms. The average molecular weight is 82.1 g/mol. The van der Waals surface area contributed by atoms with Crippen molar-refractivity contribution in [3.05, 3.63) is 0 Å². The molecule has 0 atom stereocenters. The highest BCUT2D eigenvalue weighted by Gasteiger charge is 1.95. The molecular weight excluding hydrogens is 76.1 g/mol. The number of hydrogen-bond donors (Lipinski definition) is 1. The normalized spacial score (nSPS) is 19.7. The van der Waals surface area contributed by atoms with Crippen molar-refractivity contribution >= 4 is 11.9 Å². The van der Waals surface area contributed by atoms with Gasteiger partial charge in [0.1, 0.15) is 0 Å². The minimum atomic E-state index is 0.662. The molecule has 0 unspecified atom stereocenters. The highest BCUT2D eigenvalue weighted by molar-refractivity contribution is 6.30. The van der Waals surface area contributed by atoms with E-state index in [1.54, 1.807) is 6.21 Å². The van der Waals surface area contributed by atoms with Gasteiger partial charge < -0.3 is 5.41 Å². The van der Waals surface area contributed by atoms with Crippen molar-refractivity contribution in [1.29, 1.82) is 5.41 Å². The van der Waals surface area contributed by atoms with Gasteiger partial charge in [0.25, 0.3) is 0 Å². The Bertz CT molecular complexity index is 93.7. The minimum absolute atomic E-state index is 0.662. The van der Waals surface area contributed by atoms with Crippen LogP contribution in [-0.2, 0) is 0 Å². The number of hydrogen-bond acceptors (Lipinski definition) is 2. The maximum Gasteiger partial charge on any atom is 0.0510 e. The first kappa shape index (κ1) is 3.53. The third-order valence-corrected chi connectivity index (χ3v) is 0.757. The van der Waals surface area contributed by atoms with E-state index < -0.39 is 0 Å². The van der Waals surface area contributed by atoms with Gasteiger partial charge in [-0.1, -0.05) is 0 Å². The van der Waals surface area contributed by atoms with Crippen LogP contribution in [0.2, 0.25) is 0 Å². The van der Waals surface area contributed by atoms with Crippen LogP contribution in [0, 0.1) is 5.41 Å². The van der Waals surface area contributed by atoms with Gasteiger partial charge in [-0.25, -0.2) is 0 Å². The molecule has 0 spiro atoms. The molecule has 0 fully saturated rings. The van der Waals surface area contributed by atoms with Gasteiger partial charge in [-0.15, -0.1) is 0 Å². The summed E-state index contributed by atoms with van der Waals surface area (Å²) in [4.78, 5) is 3.81. The smallest absolute Gasteiger partial charge is 0.0510 e. The van der Waals surface area contributed by atoms with E-state index in [2.05, 4.69) is 4.99 Å². The van der Waals surface area contributed by atoms with Gasteiger partial charge in [0.05, 0.1) is 5.71 Å². The molecular formula is C4H6N2. The lowest BCUT2D eigenvalue weighted by molar-refractivity contribution is 1.09. The molecule has 0 saturated heterocycles. The van der Waals surface area contributed by atoms with Gasteiger partial charge in [0.15, 0.2) is 0 Å². The second kappa shape index (κ2) is 1.20. The van der Waals surface area contributed by atoms with E-state index in [4.69, 9.17) is 5.41 Å². The molecule has 0 radical (unpaired) electrons. The molecule has 1 rings (SSSR count). The first-order valence-electron chi connectivity index (χ1n) is 1.97. The molecule has 0 aliphatic carbocycles. The Hall–Kier alpha value is -0.660. The van der Waals surface area contributed by atoms with Crippen molar-refractivity contribution in [2.75, 3.05) is 6.54 Å². The fourth-order valence-corrected chi connectivity index (χ4v) is 0.424. The molecule has 0 aromatic carbocycles. The number of rotatable bonds is 0. The summed E-state index contributed by atoms with van der Waals surface area (Å²) in [5.74, 6) is 0. The van der Waals surface area contributed by atoms with Crippen LogP contribution in [0.3, 0.4) is 0 Å². The van der Waals surface area contributed by atoms with E-state index in [1.165, 1.54) is 0 Å². The van der Waals surface area contributed by atoms with Crippen LogP contribution in [0.25, 0.3) is 0 Å². The maximum atomic E-state index is 6.90. The summed E-state index contributed by atoms with van der Waals surface area (Å²) in [5, 5.41) is 6.90. The summed E-state index contributed by atoms with van der Waals surface area (Å²) in [5.41, 5.74) is 0.662. The standard InChI is InChI=1S/C4H6N2/c5-4-1-2-6-3-4/h3,5H,1-2H2. The predicted molar refractivity (Wildman–Crippen MR) is 25.7 cm³/mol. The van der Waals surface area contributed by atoms with Gasteiger partial charge in [-0.2, -0.15) is 0 Å². The van der Waals surface area contributed by atoms with E-state index in [0.29, 0.717) is 5.71 Å². The SMILES string of the molecule is N=C1C=NCC1. The molecule has 1 aliphatic heterocycles. The van der Waals surface area contributed by atoms with Gasteiger partial charge >= 0.3 is 0 Å². The largest absolute Gasteiger partial charge is 0.304 e. The maximum absolute atomic E-state index is 6.90. The zero-order chi connectivity index (χ0) is 4.41. The Morgan fingerprint density at radius 2 is 2.67 bits per heavy atom. The first-order chi connectivity index (χ1) is 2.89. The molecule has 0 amide bonds. The molecule has 2 heteroatoms. The Labute approximate surface area is 36.4 Å². The molecule has 32 valence electrons. The van der Waals surface area contributed by atoms with Crippen LogP contribution in [0.5, 0.6) is 0 Å². The third-order valence-electron chi connectivity index (χ3n) is 0.757. The zero-order valence-corrected chi connectivity index (χ0v) is 3.44. The van der Waals surface area contributed by atoms with Crippen LogP contribution in [-0.4, -0.2) is 18.5 Å². The fourth-order valence-electron chi connectivity index (χ4n) is 0.424. The lowest BCUT2D eigenvalue weighted by atomic mass is 10.3. The number of nitrogens with zero attached hydrogens (tertiary/aromatic N) is 1. The first-order valence-corrected chi connectivity index (χ1v) is 1.97. The Kier molecular flexibility index (Phi) is 0.708. The van der Waals surface area contributed by atoms with Gasteiger partial charge in [0.2, 0.25) is 0 Å². The van der Waals surface area contributed by atoms with E-state index in [1.807, 2.05) is 0 Å². The molecule has 0 saturated carbocycles. The highest BCUT2D eigenvalue weighted by Crippen LogP contribution is 1.88. The van der Waals surface area contributed by atoms with E-state index in [0.717, 1.165) is 13.0 Å². The number of nitrogens with one attached hydrogen (secondary N) is 1. The van der Waals surface area contributed by atoms with Crippen molar-refractivity contribution in [2.24, 2.45) is 4.99 Å². The number of aliphatic imine (C=N–C) groups is 1. The van der Waals surface area contributed by atoms with E-state index in [9.17, 15) is 0 Å². The molecule has 1 heterocycles. The fraction of sp³-hybridized carbons (Fsp3) is 0.500. The third kappa shape index (κ3) is 0.455. The van der Waals surface area contributed by atoms with E-state index in [-0.39, 0.29) is 0 Å². The minimum Gasteiger partial charge on any atom is -0.304 e. The van der Waals surface area contributed by atoms with Crippen molar-refractivity contribution in [3.8, 4) is 0 Å². The van der Waals surface area contributed by atoms with Crippen molar-refractivity contribution in [2.45, 2.75) is 6.42 Å². The lowest BCUT2D eigenvalue weighted by Crippen LogP contribution is -1.87. The Morgan fingerprint density at radius 3 is 2.83 bits per heavy atom. The van der Waals surface area contributed by atoms with Crippen LogP contribution in [0.15, 0.2) is 4.99 Å². The molecule has 0 bridgehead atoms. The summed E-state index contributed by atoms with van der Waals surface area (Å²) in [6.45, 7) is 0.832. The Morgan fingerprint density at radius 1 is 1.83 bits per heavy atom. The summed E-state index contributed by atoms with van der Waals surface area (Å²) in [7, 11) is 0. The zero-order valence-electron chi connectivity index (χ0n) is 3.44. The average Bonchev–Trinajstić information content (AvgIpc) is 1.86. The summed E-state index contributed by atoms with van der Waals surface area (Å²) in [6.07, 6.45) is 2.46. The van der Waals surface area contributed by atoms with Crippen molar-refractivity contribution < 1.29 is 0 Å². The molecule has 1 aliphatic rings. The van der Waals surface area contributed by atoms with Gasteiger partial charge in [0, 0.05) is 19.2 Å². The summed E-state index contributed by atoms with van der Waals surface area (Å²) in [6, 6.07) is 0. The highest BCUT2D eigenvalue weighted by atomic mass is 14.7. The van der Waals surface area contributed by atoms with Crippen LogP contribution in [0.1, 0.15) is 6.42 Å². The lowest BCUT2D eigenvalue weighted by Gasteiger charge is -1.73. The predicted octanol–water partition coefficient (Wildman–Crippen LogP) is 0.481. The van der Waals surface area contributed by atoms with Crippen LogP contribution in [0.4, 0.5) is 0 Å². The van der Waals surface area contributed by atoms with Crippen molar-refractivity contribution in [3.63, 3.8) is 0 Å². The van der Waals surface area contributed by atoms with Crippen molar-refractivity contribution in [1.82, 2.24) is 0 Å². The molecule has 0 aromatic heterocycles.